The number of nitrogens with zero attached hydrogens (tertiary/aromatic N) is 1. The molecule has 0 aromatic rings. The van der Waals surface area contributed by atoms with Crippen LogP contribution in [0.4, 0.5) is 0 Å². The molecule has 5 atom stereocenters. The van der Waals surface area contributed by atoms with Crippen LogP contribution in [-0.4, -0.2) is 34.5 Å². The SMILES string of the molecule is CC[C@H]1[C@H]2CCCC(=O)N3[C@H]2CC[C@@H]3[C@@]12C=C(C)C(=O)O2. The first-order valence-electron chi connectivity index (χ1n) is 8.32. The van der Waals surface area contributed by atoms with Crippen molar-refractivity contribution in [1.29, 1.82) is 0 Å². The highest BCUT2D eigenvalue weighted by atomic mass is 16.6. The van der Waals surface area contributed by atoms with Gasteiger partial charge in [0.15, 0.2) is 5.60 Å². The molecule has 4 aliphatic heterocycles. The van der Waals surface area contributed by atoms with Gasteiger partial charge in [0.2, 0.25) is 5.91 Å². The average Bonchev–Trinajstić information content (AvgIpc) is 2.93. The van der Waals surface area contributed by atoms with E-state index in [9.17, 15) is 9.59 Å². The fourth-order valence-electron chi connectivity index (χ4n) is 5.56. The number of hydrogen-bond acceptors (Lipinski definition) is 3. The lowest BCUT2D eigenvalue weighted by Gasteiger charge is -2.52. The first-order chi connectivity index (χ1) is 10.1. The summed E-state index contributed by atoms with van der Waals surface area (Å²) < 4.78 is 5.95. The number of ether oxygens (including phenoxy) is 1. The molecule has 0 saturated carbocycles. The van der Waals surface area contributed by atoms with Crippen molar-refractivity contribution in [3.05, 3.63) is 11.6 Å². The van der Waals surface area contributed by atoms with E-state index in [-0.39, 0.29) is 17.9 Å². The van der Waals surface area contributed by atoms with E-state index in [1.165, 1.54) is 0 Å². The number of fused-ring (bicyclic) bond motifs is 1. The van der Waals surface area contributed by atoms with Gasteiger partial charge in [-0.25, -0.2) is 4.79 Å². The molecule has 4 bridgehead atoms. The summed E-state index contributed by atoms with van der Waals surface area (Å²) in [6.45, 7) is 4.04. The Kier molecular flexibility index (Phi) is 2.76. The van der Waals surface area contributed by atoms with Crippen molar-refractivity contribution in [1.82, 2.24) is 4.90 Å². The molecule has 3 fully saturated rings. The highest BCUT2D eigenvalue weighted by Gasteiger charge is 2.64. The molecule has 4 rings (SSSR count). The largest absolute Gasteiger partial charge is 0.449 e. The number of amides is 1. The van der Waals surface area contributed by atoms with Crippen LogP contribution in [0.25, 0.3) is 0 Å². The van der Waals surface area contributed by atoms with Gasteiger partial charge in [0.25, 0.3) is 0 Å². The summed E-state index contributed by atoms with van der Waals surface area (Å²) in [6, 6.07) is 0.448. The van der Waals surface area contributed by atoms with Gasteiger partial charge in [-0.05, 0) is 51.0 Å². The van der Waals surface area contributed by atoms with E-state index in [2.05, 4.69) is 11.8 Å². The second-order valence-electron chi connectivity index (χ2n) is 7.10. The van der Waals surface area contributed by atoms with E-state index in [0.717, 1.165) is 32.1 Å². The van der Waals surface area contributed by atoms with E-state index < -0.39 is 5.60 Å². The molecule has 4 heteroatoms. The van der Waals surface area contributed by atoms with E-state index in [1.807, 2.05) is 13.0 Å². The van der Waals surface area contributed by atoms with Crippen molar-refractivity contribution in [2.24, 2.45) is 11.8 Å². The van der Waals surface area contributed by atoms with Gasteiger partial charge in [-0.1, -0.05) is 6.92 Å². The molecule has 3 saturated heterocycles. The molecule has 0 unspecified atom stereocenters. The smallest absolute Gasteiger partial charge is 0.334 e. The summed E-state index contributed by atoms with van der Waals surface area (Å²) in [5.41, 5.74) is 0.164. The van der Waals surface area contributed by atoms with Crippen LogP contribution in [0.5, 0.6) is 0 Å². The van der Waals surface area contributed by atoms with Crippen LogP contribution >= 0.6 is 0 Å². The highest BCUT2D eigenvalue weighted by molar-refractivity contribution is 5.91. The molecule has 0 aromatic carbocycles. The van der Waals surface area contributed by atoms with Gasteiger partial charge < -0.3 is 9.64 Å². The van der Waals surface area contributed by atoms with E-state index in [1.54, 1.807) is 0 Å². The first-order valence-corrected chi connectivity index (χ1v) is 8.32. The maximum absolute atomic E-state index is 12.5. The molecule has 21 heavy (non-hydrogen) atoms. The molecule has 0 radical (unpaired) electrons. The lowest BCUT2D eigenvalue weighted by atomic mass is 9.67. The Morgan fingerprint density at radius 1 is 1.33 bits per heavy atom. The third-order valence-corrected chi connectivity index (χ3v) is 6.23. The lowest BCUT2D eigenvalue weighted by Crippen LogP contribution is -2.64. The van der Waals surface area contributed by atoms with Crippen molar-refractivity contribution in [3.8, 4) is 0 Å². The Bertz CT molecular complexity index is 540. The molecule has 0 N–H and O–H groups in total. The Hall–Kier alpha value is -1.32. The third-order valence-electron chi connectivity index (χ3n) is 6.23. The lowest BCUT2D eigenvalue weighted by molar-refractivity contribution is -0.175. The zero-order valence-corrected chi connectivity index (χ0v) is 12.8. The van der Waals surface area contributed by atoms with Crippen LogP contribution in [0.15, 0.2) is 11.6 Å². The molecule has 0 aliphatic carbocycles. The van der Waals surface area contributed by atoms with Gasteiger partial charge in [0.05, 0.1) is 6.04 Å². The van der Waals surface area contributed by atoms with Gasteiger partial charge in [0.1, 0.15) is 0 Å². The van der Waals surface area contributed by atoms with Crippen molar-refractivity contribution in [3.63, 3.8) is 0 Å². The van der Waals surface area contributed by atoms with E-state index in [0.29, 0.717) is 29.9 Å². The van der Waals surface area contributed by atoms with Crippen molar-refractivity contribution in [2.75, 3.05) is 0 Å². The van der Waals surface area contributed by atoms with Crippen LogP contribution in [0.2, 0.25) is 0 Å². The van der Waals surface area contributed by atoms with Gasteiger partial charge in [0, 0.05) is 24.0 Å². The van der Waals surface area contributed by atoms with E-state index >= 15 is 0 Å². The average molecular weight is 289 g/mol. The summed E-state index contributed by atoms with van der Waals surface area (Å²) in [5.74, 6) is 0.922. The predicted octanol–water partition coefficient (Wildman–Crippen LogP) is 2.43. The number of esters is 1. The van der Waals surface area contributed by atoms with E-state index in [4.69, 9.17) is 4.74 Å². The standard InChI is InChI=1S/C17H23NO3/c1-3-12-11-5-4-6-15(19)18-13(11)7-8-14(18)17(12)9-10(2)16(20)21-17/h9,11-14H,3-8H2,1-2H3/t11-,12+,13+,14-,17-/m1/s1. The first kappa shape index (κ1) is 13.4. The second-order valence-corrected chi connectivity index (χ2v) is 7.10. The van der Waals surface area contributed by atoms with Gasteiger partial charge in [-0.15, -0.1) is 0 Å². The van der Waals surface area contributed by atoms with Gasteiger partial charge in [-0.2, -0.15) is 0 Å². The summed E-state index contributed by atoms with van der Waals surface area (Å²) in [6.07, 6.45) is 7.83. The minimum absolute atomic E-state index is 0.0655. The Labute approximate surface area is 125 Å². The Morgan fingerprint density at radius 3 is 2.81 bits per heavy atom. The molecule has 4 aliphatic rings. The maximum atomic E-state index is 12.5. The Balaban J connectivity index is 1.86. The number of carbonyl (C=O) groups excluding carboxylic acids is 2. The van der Waals surface area contributed by atoms with Crippen LogP contribution in [-0.2, 0) is 14.3 Å². The third kappa shape index (κ3) is 1.56. The quantitative estimate of drug-likeness (QED) is 0.697. The van der Waals surface area contributed by atoms with Crippen LogP contribution in [0.3, 0.4) is 0 Å². The number of rotatable bonds is 1. The minimum atomic E-state index is -0.548. The fourth-order valence-corrected chi connectivity index (χ4v) is 5.56. The number of carbonyl (C=O) groups is 2. The van der Waals surface area contributed by atoms with Crippen molar-refractivity contribution >= 4 is 11.9 Å². The molecule has 114 valence electrons. The summed E-state index contributed by atoms with van der Waals surface area (Å²) in [5, 5.41) is 0. The predicted molar refractivity (Wildman–Crippen MR) is 77.4 cm³/mol. The minimum Gasteiger partial charge on any atom is -0.449 e. The number of piperidine rings is 1. The fraction of sp³-hybridized carbons (Fsp3) is 0.765. The number of hydrogen-bond donors (Lipinski definition) is 0. The summed E-state index contributed by atoms with van der Waals surface area (Å²) in [7, 11) is 0. The Morgan fingerprint density at radius 2 is 2.14 bits per heavy atom. The molecule has 4 nitrogen and oxygen atoms in total. The topological polar surface area (TPSA) is 46.6 Å². The van der Waals surface area contributed by atoms with Crippen LogP contribution in [0, 0.1) is 11.8 Å². The highest BCUT2D eigenvalue weighted by Crippen LogP contribution is 2.56. The van der Waals surface area contributed by atoms with Crippen LogP contribution < -0.4 is 0 Å². The molecule has 0 aromatic heterocycles. The summed E-state index contributed by atoms with van der Waals surface area (Å²) >= 11 is 0. The van der Waals surface area contributed by atoms with Gasteiger partial charge >= 0.3 is 5.97 Å². The van der Waals surface area contributed by atoms with Gasteiger partial charge in [-0.3, -0.25) is 4.79 Å². The normalized spacial score (nSPS) is 44.9. The monoisotopic (exact) mass is 289 g/mol. The van der Waals surface area contributed by atoms with Crippen molar-refractivity contribution < 1.29 is 14.3 Å². The zero-order valence-electron chi connectivity index (χ0n) is 12.8. The molecular weight excluding hydrogens is 266 g/mol. The zero-order chi connectivity index (χ0) is 14.8. The molecule has 1 spiro atoms. The summed E-state index contributed by atoms with van der Waals surface area (Å²) in [4.78, 5) is 26.7. The van der Waals surface area contributed by atoms with Crippen LogP contribution in [0.1, 0.15) is 52.4 Å². The molecule has 1 amide bonds. The molecule has 4 heterocycles. The molecular formula is C17H23NO3. The van der Waals surface area contributed by atoms with Crippen molar-refractivity contribution in [2.45, 2.75) is 70.1 Å². The maximum Gasteiger partial charge on any atom is 0.334 e. The second kappa shape index (κ2) is 4.34.